The zero-order chi connectivity index (χ0) is 21.0. The summed E-state index contributed by atoms with van der Waals surface area (Å²) in [5, 5.41) is 5.31. The molecule has 0 unspecified atom stereocenters. The fraction of sp³-hybridized carbons (Fsp3) is 0.217. The summed E-state index contributed by atoms with van der Waals surface area (Å²) in [5.74, 6) is -1.61. The maximum absolute atomic E-state index is 13.8. The Morgan fingerprint density at radius 3 is 2.70 bits per heavy atom. The molecule has 7 heteroatoms. The largest absolute Gasteiger partial charge is 0.324 e. The topological polar surface area (TPSA) is 49.4 Å². The van der Waals surface area contributed by atoms with Crippen LogP contribution in [0.15, 0.2) is 60.0 Å². The molecule has 0 bridgehead atoms. The van der Waals surface area contributed by atoms with Gasteiger partial charge in [0, 0.05) is 28.7 Å². The van der Waals surface area contributed by atoms with Gasteiger partial charge in [0.05, 0.1) is 10.8 Å². The van der Waals surface area contributed by atoms with Crippen molar-refractivity contribution < 1.29 is 14.0 Å². The molecule has 1 N–H and O–H groups in total. The number of rotatable bonds is 3. The number of Topliss-reactive ketones (excluding diaryl/α,β-unsaturated/α-hetero) is 1. The highest BCUT2D eigenvalue weighted by atomic mass is 35.5. The number of anilines is 1. The third-order valence-electron chi connectivity index (χ3n) is 6.26. The summed E-state index contributed by atoms with van der Waals surface area (Å²) >= 11 is 7.66. The Morgan fingerprint density at radius 1 is 1.23 bits per heavy atom. The van der Waals surface area contributed by atoms with Crippen molar-refractivity contribution in [3.63, 3.8) is 0 Å². The lowest BCUT2D eigenvalue weighted by atomic mass is 9.71. The van der Waals surface area contributed by atoms with Crippen molar-refractivity contribution in [2.45, 2.75) is 11.5 Å². The monoisotopic (exact) mass is 440 g/mol. The van der Waals surface area contributed by atoms with Crippen LogP contribution in [0.4, 0.5) is 10.1 Å². The number of carbonyl (C=O) groups is 2. The Labute approximate surface area is 182 Å². The van der Waals surface area contributed by atoms with E-state index in [1.54, 1.807) is 36.4 Å². The molecule has 2 aliphatic heterocycles. The molecule has 5 rings (SSSR count). The Bertz CT molecular complexity index is 1150. The number of carbonyl (C=O) groups excluding carboxylic acids is 2. The van der Waals surface area contributed by atoms with Gasteiger partial charge in [-0.3, -0.25) is 14.5 Å². The Kier molecular flexibility index (Phi) is 4.54. The normalized spacial score (nSPS) is 25.5. The quantitative estimate of drug-likeness (QED) is 0.588. The average molecular weight is 441 g/mol. The highest BCUT2D eigenvalue weighted by molar-refractivity contribution is 7.12. The van der Waals surface area contributed by atoms with Crippen LogP contribution in [0.5, 0.6) is 0 Å². The molecule has 4 nitrogen and oxygen atoms in total. The fourth-order valence-corrected chi connectivity index (χ4v) is 5.87. The van der Waals surface area contributed by atoms with E-state index in [0.717, 1.165) is 5.56 Å². The van der Waals surface area contributed by atoms with Crippen LogP contribution in [-0.2, 0) is 10.3 Å². The predicted octanol–water partition coefficient (Wildman–Crippen LogP) is 4.92. The maximum Gasteiger partial charge on any atom is 0.250 e. The summed E-state index contributed by atoms with van der Waals surface area (Å²) in [7, 11) is 1.85. The lowest BCUT2D eigenvalue weighted by Crippen LogP contribution is -2.51. The minimum atomic E-state index is -1.18. The van der Waals surface area contributed by atoms with Gasteiger partial charge < -0.3 is 5.32 Å². The van der Waals surface area contributed by atoms with Gasteiger partial charge in [-0.25, -0.2) is 4.39 Å². The van der Waals surface area contributed by atoms with E-state index in [1.165, 1.54) is 23.5 Å². The molecule has 1 aromatic heterocycles. The Morgan fingerprint density at radius 2 is 2.00 bits per heavy atom. The van der Waals surface area contributed by atoms with Crippen LogP contribution in [0.1, 0.15) is 26.7 Å². The molecule has 1 fully saturated rings. The summed E-state index contributed by atoms with van der Waals surface area (Å²) in [6.45, 7) is 0.479. The molecular formula is C23H18ClFN2O2S. The first-order chi connectivity index (χ1) is 14.4. The average Bonchev–Trinajstić information content (AvgIpc) is 3.42. The molecule has 1 amide bonds. The zero-order valence-electron chi connectivity index (χ0n) is 16.1. The van der Waals surface area contributed by atoms with E-state index in [4.69, 9.17) is 11.6 Å². The van der Waals surface area contributed by atoms with Crippen LogP contribution < -0.4 is 5.32 Å². The van der Waals surface area contributed by atoms with Crippen LogP contribution in [0.3, 0.4) is 0 Å². The molecule has 1 spiro atoms. The molecule has 0 saturated carbocycles. The zero-order valence-corrected chi connectivity index (χ0v) is 17.6. The number of hydrogen-bond acceptors (Lipinski definition) is 4. The molecule has 2 aromatic carbocycles. The molecule has 3 heterocycles. The molecule has 1 saturated heterocycles. The minimum Gasteiger partial charge on any atom is -0.324 e. The fourth-order valence-electron chi connectivity index (χ4n) is 4.99. The number of fused-ring (bicyclic) bond motifs is 2. The van der Waals surface area contributed by atoms with E-state index >= 15 is 0 Å². The number of likely N-dealkylation sites (tertiary alicyclic amines) is 1. The van der Waals surface area contributed by atoms with Crippen LogP contribution in [0, 0.1) is 11.7 Å². The predicted molar refractivity (Wildman–Crippen MR) is 116 cm³/mol. The SMILES string of the molecule is CN1C[C@H](c2ccc(F)cc2)[C@@H](C(=O)c2cccs2)[C@@]12C(=O)Nc1ccc(Cl)cc12. The summed E-state index contributed by atoms with van der Waals surface area (Å²) in [6, 6.07) is 15.1. The number of hydrogen-bond donors (Lipinski definition) is 1. The number of nitrogens with zero attached hydrogens (tertiary/aromatic N) is 1. The third-order valence-corrected chi connectivity index (χ3v) is 7.38. The van der Waals surface area contributed by atoms with Gasteiger partial charge in [0.2, 0.25) is 5.91 Å². The highest BCUT2D eigenvalue weighted by Crippen LogP contribution is 2.56. The number of amides is 1. The van der Waals surface area contributed by atoms with Crippen molar-refractivity contribution in [2.75, 3.05) is 18.9 Å². The highest BCUT2D eigenvalue weighted by Gasteiger charge is 2.64. The number of thiophene rings is 1. The second kappa shape index (κ2) is 7.01. The second-order valence-electron chi connectivity index (χ2n) is 7.77. The van der Waals surface area contributed by atoms with Gasteiger partial charge in [0.15, 0.2) is 5.78 Å². The van der Waals surface area contributed by atoms with E-state index in [-0.39, 0.29) is 23.4 Å². The maximum atomic E-state index is 13.8. The Balaban J connectivity index is 1.74. The van der Waals surface area contributed by atoms with Crippen molar-refractivity contribution in [3.8, 4) is 0 Å². The second-order valence-corrected chi connectivity index (χ2v) is 9.15. The molecule has 152 valence electrons. The lowest BCUT2D eigenvalue weighted by molar-refractivity contribution is -0.126. The van der Waals surface area contributed by atoms with Crippen molar-refractivity contribution in [2.24, 2.45) is 5.92 Å². The van der Waals surface area contributed by atoms with Crippen LogP contribution >= 0.6 is 22.9 Å². The number of benzene rings is 2. The summed E-state index contributed by atoms with van der Waals surface area (Å²) in [4.78, 5) is 29.8. The summed E-state index contributed by atoms with van der Waals surface area (Å²) < 4.78 is 13.6. The van der Waals surface area contributed by atoms with Crippen LogP contribution in [0.25, 0.3) is 0 Å². The molecule has 30 heavy (non-hydrogen) atoms. The van der Waals surface area contributed by atoms with Crippen LogP contribution in [0.2, 0.25) is 5.02 Å². The van der Waals surface area contributed by atoms with Gasteiger partial charge in [-0.05, 0) is 54.4 Å². The van der Waals surface area contributed by atoms with Gasteiger partial charge in [-0.15, -0.1) is 11.3 Å². The van der Waals surface area contributed by atoms with Gasteiger partial charge >= 0.3 is 0 Å². The van der Waals surface area contributed by atoms with Crippen molar-refractivity contribution in [1.82, 2.24) is 4.90 Å². The van der Waals surface area contributed by atoms with Gasteiger partial charge in [-0.1, -0.05) is 29.8 Å². The van der Waals surface area contributed by atoms with E-state index in [9.17, 15) is 14.0 Å². The van der Waals surface area contributed by atoms with Crippen molar-refractivity contribution >= 4 is 40.3 Å². The van der Waals surface area contributed by atoms with E-state index in [2.05, 4.69) is 5.32 Å². The van der Waals surface area contributed by atoms with Gasteiger partial charge in [0.1, 0.15) is 11.4 Å². The van der Waals surface area contributed by atoms with Gasteiger partial charge in [0.25, 0.3) is 0 Å². The third kappa shape index (κ3) is 2.68. The number of halogens is 2. The first-order valence-electron chi connectivity index (χ1n) is 9.59. The van der Waals surface area contributed by atoms with Crippen LogP contribution in [-0.4, -0.2) is 30.2 Å². The molecule has 0 radical (unpaired) electrons. The molecule has 3 atom stereocenters. The molecule has 3 aromatic rings. The minimum absolute atomic E-state index is 0.0911. The van der Waals surface area contributed by atoms with Crippen molar-refractivity contribution in [3.05, 3.63) is 86.8 Å². The smallest absolute Gasteiger partial charge is 0.250 e. The number of ketones is 1. The number of nitrogens with one attached hydrogen (secondary N) is 1. The first-order valence-corrected chi connectivity index (χ1v) is 10.8. The van der Waals surface area contributed by atoms with Gasteiger partial charge in [-0.2, -0.15) is 0 Å². The van der Waals surface area contributed by atoms with E-state index in [1.807, 2.05) is 23.4 Å². The molecular weight excluding hydrogens is 423 g/mol. The lowest BCUT2D eigenvalue weighted by Gasteiger charge is -2.35. The van der Waals surface area contributed by atoms with E-state index < -0.39 is 11.5 Å². The van der Waals surface area contributed by atoms with E-state index in [0.29, 0.717) is 27.7 Å². The first kappa shape index (κ1) is 19.4. The molecule has 2 aliphatic rings. The summed E-state index contributed by atoms with van der Waals surface area (Å²) in [6.07, 6.45) is 0. The number of likely N-dealkylation sites (N-methyl/N-ethyl adjacent to an activating group) is 1. The Hall–Kier alpha value is -2.54. The molecule has 0 aliphatic carbocycles. The summed E-state index contributed by atoms with van der Waals surface area (Å²) in [5.41, 5.74) is 1.03. The van der Waals surface area contributed by atoms with Crippen molar-refractivity contribution in [1.29, 1.82) is 0 Å². The standard InChI is InChI=1S/C23H18ClFN2O2S/c1-27-12-16(13-4-7-15(25)8-5-13)20(21(28)19-3-2-10-30-19)23(27)17-11-14(24)6-9-18(17)26-22(23)29/h2-11,16,20H,12H2,1H3,(H,26,29)/t16-,20+,23+/m1/s1.